The molecule has 0 atom stereocenters. The Kier molecular flexibility index (Phi) is 19.3. The number of furan rings is 2. The van der Waals surface area contributed by atoms with Gasteiger partial charge in [0, 0.05) is 44.5 Å². The van der Waals surface area contributed by atoms with Crippen molar-refractivity contribution in [2.45, 2.75) is 169 Å². The molecule has 0 bridgehead atoms. The molecule has 8 aromatic carbocycles. The van der Waals surface area contributed by atoms with E-state index >= 15 is 0 Å². The van der Waals surface area contributed by atoms with Gasteiger partial charge < -0.3 is 13.7 Å². The molecule has 10 rings (SSSR count). The van der Waals surface area contributed by atoms with E-state index in [4.69, 9.17) is 8.83 Å². The lowest BCUT2D eigenvalue weighted by Crippen LogP contribution is -2.09. The van der Waals surface area contributed by atoms with E-state index in [0.717, 1.165) is 74.5 Å². The molecule has 10 aromatic rings. The molecule has 79 heavy (non-hydrogen) atoms. The Hall–Kier alpha value is -7.10. The van der Waals surface area contributed by atoms with Crippen molar-refractivity contribution < 1.29 is 8.83 Å². The van der Waals surface area contributed by atoms with Gasteiger partial charge in [0.05, 0.1) is 0 Å². The molecular weight excluding hydrogens is 959 g/mol. The van der Waals surface area contributed by atoms with Crippen molar-refractivity contribution in [2.75, 3.05) is 4.90 Å². The standard InChI is InChI=1S/C76H85NO2/c1-5-7-9-11-13-15-17-19-21-24-28-58-34-38-62(39-35-58)72-57(4)78-70-54-52-69-68(74(70)72)53-55-71-75(69)73(63-40-36-59(37-41-63)29-25-22-20-18-16-14-12-10-8-6-2)76(79-71)64-44-50-67(51-45-64)77(65-46-32-56(3)33-47-65)66-48-42-61(43-49-66)60-30-26-23-27-31-60/h23,26-27,30-55H,5-22,24-25,28-29H2,1-4H3. The summed E-state index contributed by atoms with van der Waals surface area (Å²) >= 11 is 0. The van der Waals surface area contributed by atoms with Crippen LogP contribution in [0.3, 0.4) is 0 Å². The Labute approximate surface area is 473 Å². The maximum atomic E-state index is 7.14. The van der Waals surface area contributed by atoms with Crippen molar-refractivity contribution in [3.63, 3.8) is 0 Å². The molecule has 0 N–H and O–H groups in total. The molecule has 0 unspecified atom stereocenters. The number of aryl methyl sites for hydroxylation is 4. The van der Waals surface area contributed by atoms with Gasteiger partial charge in [0.1, 0.15) is 22.7 Å². The fourth-order valence-electron chi connectivity index (χ4n) is 12.2. The maximum absolute atomic E-state index is 7.14. The fourth-order valence-corrected chi connectivity index (χ4v) is 12.2. The highest BCUT2D eigenvalue weighted by Crippen LogP contribution is 2.48. The number of fused-ring (bicyclic) bond motifs is 5. The van der Waals surface area contributed by atoms with Gasteiger partial charge in [-0.1, -0.05) is 238 Å². The van der Waals surface area contributed by atoms with Crippen LogP contribution in [0, 0.1) is 13.8 Å². The highest BCUT2D eigenvalue weighted by Gasteiger charge is 2.24. The highest BCUT2D eigenvalue weighted by atomic mass is 16.3. The van der Waals surface area contributed by atoms with Crippen LogP contribution in [0.4, 0.5) is 17.1 Å². The van der Waals surface area contributed by atoms with Gasteiger partial charge in [-0.3, -0.25) is 0 Å². The van der Waals surface area contributed by atoms with E-state index in [-0.39, 0.29) is 0 Å². The quantitative estimate of drug-likeness (QED) is 0.0438. The number of hydrogen-bond donors (Lipinski definition) is 0. The molecule has 0 aliphatic carbocycles. The van der Waals surface area contributed by atoms with E-state index in [1.807, 2.05) is 0 Å². The first-order valence-corrected chi connectivity index (χ1v) is 30.7. The SMILES string of the molecule is CCCCCCCCCCCCc1ccc(-c2c(C)oc3ccc4c(ccc5oc(-c6ccc(N(c7ccc(C)cc7)c7ccc(-c8ccccc8)cc7)cc6)c(-c6ccc(CCCCCCCCCCCC)cc6)c54)c23)cc1. The minimum atomic E-state index is 0.882. The Bertz CT molecular complexity index is 3450. The number of benzene rings is 8. The van der Waals surface area contributed by atoms with Crippen LogP contribution in [-0.4, -0.2) is 0 Å². The summed E-state index contributed by atoms with van der Waals surface area (Å²) in [7, 11) is 0. The van der Waals surface area contributed by atoms with Crippen molar-refractivity contribution in [2.24, 2.45) is 0 Å². The zero-order chi connectivity index (χ0) is 54.2. The number of rotatable bonds is 29. The van der Waals surface area contributed by atoms with Gasteiger partial charge in [-0.25, -0.2) is 0 Å². The molecule has 0 amide bonds. The molecular formula is C76H85NO2. The van der Waals surface area contributed by atoms with Gasteiger partial charge in [-0.05, 0) is 156 Å². The molecule has 0 radical (unpaired) electrons. The number of hydrogen-bond acceptors (Lipinski definition) is 3. The van der Waals surface area contributed by atoms with Crippen LogP contribution in [0.25, 0.3) is 77.4 Å². The van der Waals surface area contributed by atoms with Crippen LogP contribution in [0.5, 0.6) is 0 Å². The van der Waals surface area contributed by atoms with E-state index in [1.54, 1.807) is 0 Å². The monoisotopic (exact) mass is 1040 g/mol. The van der Waals surface area contributed by atoms with Crippen molar-refractivity contribution >= 4 is 49.8 Å². The topological polar surface area (TPSA) is 29.5 Å². The van der Waals surface area contributed by atoms with Gasteiger partial charge >= 0.3 is 0 Å². The summed E-state index contributed by atoms with van der Waals surface area (Å²) in [4.78, 5) is 2.35. The van der Waals surface area contributed by atoms with Crippen molar-refractivity contribution in [3.05, 3.63) is 198 Å². The van der Waals surface area contributed by atoms with E-state index in [2.05, 4.69) is 209 Å². The summed E-state index contributed by atoms with van der Waals surface area (Å²) < 4.78 is 13.8. The van der Waals surface area contributed by atoms with E-state index in [0.29, 0.717) is 0 Å². The predicted molar refractivity (Wildman–Crippen MR) is 340 cm³/mol. The minimum absolute atomic E-state index is 0.882. The fraction of sp³-hybridized carbons (Fsp3) is 0.342. The largest absolute Gasteiger partial charge is 0.461 e. The van der Waals surface area contributed by atoms with Crippen molar-refractivity contribution in [1.82, 2.24) is 0 Å². The Balaban J connectivity index is 0.960. The molecule has 0 aliphatic rings. The zero-order valence-electron chi connectivity index (χ0n) is 48.1. The Morgan fingerprint density at radius 2 is 0.696 bits per heavy atom. The second-order valence-electron chi connectivity index (χ2n) is 22.7. The highest BCUT2D eigenvalue weighted by molar-refractivity contribution is 6.24. The molecule has 406 valence electrons. The van der Waals surface area contributed by atoms with Gasteiger partial charge in [0.25, 0.3) is 0 Å². The van der Waals surface area contributed by atoms with E-state index in [9.17, 15) is 0 Å². The summed E-state index contributed by atoms with van der Waals surface area (Å²) in [6, 6.07) is 65.0. The smallest absolute Gasteiger partial charge is 0.143 e. The summed E-state index contributed by atoms with van der Waals surface area (Å²) in [5, 5.41) is 4.65. The lowest BCUT2D eigenvalue weighted by Gasteiger charge is -2.26. The molecule has 0 aliphatic heterocycles. The molecule has 3 nitrogen and oxygen atoms in total. The van der Waals surface area contributed by atoms with Crippen LogP contribution in [0.2, 0.25) is 0 Å². The second-order valence-corrected chi connectivity index (χ2v) is 22.7. The minimum Gasteiger partial charge on any atom is -0.461 e. The molecule has 0 saturated heterocycles. The van der Waals surface area contributed by atoms with Gasteiger partial charge in [-0.2, -0.15) is 0 Å². The third kappa shape index (κ3) is 13.7. The Morgan fingerprint density at radius 1 is 0.316 bits per heavy atom. The normalized spacial score (nSPS) is 11.6. The van der Waals surface area contributed by atoms with Crippen LogP contribution in [0.1, 0.15) is 165 Å². The lowest BCUT2D eigenvalue weighted by atomic mass is 9.92. The van der Waals surface area contributed by atoms with Gasteiger partial charge in [0.15, 0.2) is 0 Å². The molecule has 0 saturated carbocycles. The van der Waals surface area contributed by atoms with Crippen LogP contribution >= 0.6 is 0 Å². The molecule has 2 aromatic heterocycles. The molecule has 0 fully saturated rings. The average Bonchev–Trinajstić information content (AvgIpc) is 4.26. The zero-order valence-corrected chi connectivity index (χ0v) is 48.1. The molecule has 2 heterocycles. The summed E-state index contributed by atoms with van der Waals surface area (Å²) in [5.74, 6) is 1.83. The van der Waals surface area contributed by atoms with E-state index in [1.165, 1.54) is 184 Å². The molecule has 0 spiro atoms. The van der Waals surface area contributed by atoms with Crippen LogP contribution in [0.15, 0.2) is 185 Å². The van der Waals surface area contributed by atoms with E-state index < -0.39 is 0 Å². The van der Waals surface area contributed by atoms with Crippen LogP contribution in [-0.2, 0) is 12.8 Å². The van der Waals surface area contributed by atoms with Crippen LogP contribution < -0.4 is 4.90 Å². The predicted octanol–water partition coefficient (Wildman–Crippen LogP) is 24.0. The summed E-state index contributed by atoms with van der Waals surface area (Å²) in [6.45, 7) is 8.87. The van der Waals surface area contributed by atoms with Gasteiger partial charge in [0.2, 0.25) is 0 Å². The van der Waals surface area contributed by atoms with Crippen molar-refractivity contribution in [1.29, 1.82) is 0 Å². The number of anilines is 3. The first-order valence-electron chi connectivity index (χ1n) is 30.7. The lowest BCUT2D eigenvalue weighted by molar-refractivity contribution is 0.556. The third-order valence-corrected chi connectivity index (χ3v) is 16.7. The summed E-state index contributed by atoms with van der Waals surface area (Å²) in [6.07, 6.45) is 29.3. The average molecular weight is 1040 g/mol. The first kappa shape index (κ1) is 55.2. The maximum Gasteiger partial charge on any atom is 0.143 e. The Morgan fingerprint density at radius 3 is 1.18 bits per heavy atom. The third-order valence-electron chi connectivity index (χ3n) is 16.7. The number of nitrogens with zero attached hydrogens (tertiary/aromatic N) is 1. The number of unbranched alkanes of at least 4 members (excludes halogenated alkanes) is 18. The first-order chi connectivity index (χ1) is 39.0. The molecule has 3 heteroatoms. The van der Waals surface area contributed by atoms with Crippen molar-refractivity contribution in [3.8, 4) is 44.7 Å². The van der Waals surface area contributed by atoms with Gasteiger partial charge in [-0.15, -0.1) is 0 Å². The second kappa shape index (κ2) is 27.7. The summed E-state index contributed by atoms with van der Waals surface area (Å²) in [5.41, 5.74) is 17.3.